The number of carbonyl (C=O) groups excluding carboxylic acids is 1. The molecule has 2 aliphatic heterocycles. The van der Waals surface area contributed by atoms with Crippen molar-refractivity contribution >= 4 is 15.9 Å². The second-order valence-corrected chi connectivity index (χ2v) is 10.4. The average Bonchev–Trinajstić information content (AvgIpc) is 3.30. The molecule has 0 spiro atoms. The van der Waals surface area contributed by atoms with Crippen LogP contribution in [0.2, 0.25) is 0 Å². The monoisotopic (exact) mass is 459 g/mol. The number of rotatable bonds is 7. The van der Waals surface area contributed by atoms with Gasteiger partial charge in [-0.3, -0.25) is 9.69 Å². The van der Waals surface area contributed by atoms with E-state index >= 15 is 0 Å². The molecule has 2 heterocycles. The molecule has 2 aromatic carbocycles. The fourth-order valence-corrected chi connectivity index (χ4v) is 6.23. The van der Waals surface area contributed by atoms with Crippen LogP contribution in [-0.2, 0) is 27.9 Å². The van der Waals surface area contributed by atoms with Gasteiger partial charge in [-0.05, 0) is 74.2 Å². The molecule has 4 rings (SSSR count). The fourth-order valence-electron chi connectivity index (χ4n) is 4.57. The van der Waals surface area contributed by atoms with Gasteiger partial charge in [-0.25, -0.2) is 12.8 Å². The Labute approximate surface area is 189 Å². The van der Waals surface area contributed by atoms with Crippen molar-refractivity contribution in [1.82, 2.24) is 14.5 Å². The van der Waals surface area contributed by atoms with Gasteiger partial charge in [0.1, 0.15) is 11.9 Å². The quantitative estimate of drug-likeness (QED) is 0.690. The number of piperidine rings is 1. The first-order valence-corrected chi connectivity index (χ1v) is 12.7. The molecule has 0 radical (unpaired) electrons. The summed E-state index contributed by atoms with van der Waals surface area (Å²) in [4.78, 5) is 15.4. The van der Waals surface area contributed by atoms with Crippen molar-refractivity contribution in [1.29, 1.82) is 0 Å². The number of benzene rings is 2. The predicted octanol–water partition coefficient (Wildman–Crippen LogP) is 3.28. The summed E-state index contributed by atoms with van der Waals surface area (Å²) in [7, 11) is -3.86. The number of halogens is 1. The molecule has 2 aromatic rings. The number of hydrogen-bond acceptors (Lipinski definition) is 4. The second kappa shape index (κ2) is 10.1. The first kappa shape index (κ1) is 22.9. The van der Waals surface area contributed by atoms with Gasteiger partial charge >= 0.3 is 0 Å². The Morgan fingerprint density at radius 1 is 0.938 bits per heavy atom. The summed E-state index contributed by atoms with van der Waals surface area (Å²) in [5.41, 5.74) is 2.24. The maximum absolute atomic E-state index is 13.2. The minimum atomic E-state index is -3.86. The number of hydrogen-bond donors (Lipinski definition) is 1. The minimum absolute atomic E-state index is 0.00507. The van der Waals surface area contributed by atoms with Crippen LogP contribution < -0.4 is 5.32 Å². The molecule has 2 fully saturated rings. The summed E-state index contributed by atoms with van der Waals surface area (Å²) in [5, 5.41) is 2.96. The molecule has 6 nitrogen and oxygen atoms in total. The van der Waals surface area contributed by atoms with E-state index in [1.807, 2.05) is 18.2 Å². The van der Waals surface area contributed by atoms with Crippen LogP contribution in [0.15, 0.2) is 53.4 Å². The third-order valence-corrected chi connectivity index (χ3v) is 8.26. The third-order valence-electron chi connectivity index (χ3n) is 6.34. The predicted molar refractivity (Wildman–Crippen MR) is 121 cm³/mol. The van der Waals surface area contributed by atoms with Crippen LogP contribution >= 0.6 is 0 Å². The SMILES string of the molecule is O=C(NCc1ccccc1CN1CCCCC1)C1CCCN1S(=O)(=O)c1ccc(F)cc1. The molecular weight excluding hydrogens is 429 g/mol. The first-order chi connectivity index (χ1) is 15.4. The highest BCUT2D eigenvalue weighted by Gasteiger charge is 2.39. The van der Waals surface area contributed by atoms with Gasteiger partial charge < -0.3 is 5.32 Å². The molecule has 32 heavy (non-hydrogen) atoms. The first-order valence-electron chi connectivity index (χ1n) is 11.3. The van der Waals surface area contributed by atoms with Gasteiger partial charge in [-0.15, -0.1) is 0 Å². The molecule has 0 aromatic heterocycles. The molecular formula is C24H30FN3O3S. The van der Waals surface area contributed by atoms with E-state index in [1.165, 1.54) is 41.3 Å². The minimum Gasteiger partial charge on any atom is -0.351 e. The number of likely N-dealkylation sites (tertiary alicyclic amines) is 1. The topological polar surface area (TPSA) is 69.7 Å². The summed E-state index contributed by atoms with van der Waals surface area (Å²) >= 11 is 0. The number of sulfonamides is 1. The van der Waals surface area contributed by atoms with Gasteiger partial charge in [-0.1, -0.05) is 30.7 Å². The van der Waals surface area contributed by atoms with E-state index in [4.69, 9.17) is 0 Å². The van der Waals surface area contributed by atoms with Crippen LogP contribution in [0.5, 0.6) is 0 Å². The number of carbonyl (C=O) groups is 1. The molecule has 8 heteroatoms. The van der Waals surface area contributed by atoms with Crippen LogP contribution in [0.3, 0.4) is 0 Å². The molecule has 172 valence electrons. The van der Waals surface area contributed by atoms with Crippen molar-refractivity contribution < 1.29 is 17.6 Å². The maximum atomic E-state index is 13.2. The Hall–Kier alpha value is -2.29. The van der Waals surface area contributed by atoms with Crippen molar-refractivity contribution in [3.63, 3.8) is 0 Å². The lowest BCUT2D eigenvalue weighted by Crippen LogP contribution is -2.45. The number of amides is 1. The third kappa shape index (κ3) is 5.19. The van der Waals surface area contributed by atoms with Crippen LogP contribution in [0.25, 0.3) is 0 Å². The van der Waals surface area contributed by atoms with E-state index in [-0.39, 0.29) is 17.3 Å². The highest BCUT2D eigenvalue weighted by molar-refractivity contribution is 7.89. The zero-order valence-electron chi connectivity index (χ0n) is 18.2. The van der Waals surface area contributed by atoms with Crippen LogP contribution in [0.4, 0.5) is 4.39 Å². The Morgan fingerprint density at radius 3 is 2.34 bits per heavy atom. The summed E-state index contributed by atoms with van der Waals surface area (Å²) in [5.74, 6) is -0.788. The van der Waals surface area contributed by atoms with Crippen molar-refractivity contribution in [2.45, 2.75) is 56.1 Å². The fraction of sp³-hybridized carbons (Fsp3) is 0.458. The molecule has 1 amide bonds. The molecule has 2 saturated heterocycles. The van der Waals surface area contributed by atoms with Gasteiger partial charge in [0.25, 0.3) is 0 Å². The lowest BCUT2D eigenvalue weighted by atomic mass is 10.0. The van der Waals surface area contributed by atoms with Crippen LogP contribution in [0, 0.1) is 5.82 Å². The van der Waals surface area contributed by atoms with Gasteiger partial charge in [0.15, 0.2) is 0 Å². The normalized spacial score (nSPS) is 20.3. The van der Waals surface area contributed by atoms with Crippen LogP contribution in [0.1, 0.15) is 43.2 Å². The zero-order chi connectivity index (χ0) is 22.6. The molecule has 2 aliphatic rings. The molecule has 1 unspecified atom stereocenters. The van der Waals surface area contributed by atoms with Crippen molar-refractivity contribution in [2.24, 2.45) is 0 Å². The zero-order valence-corrected chi connectivity index (χ0v) is 19.0. The van der Waals surface area contributed by atoms with E-state index in [0.29, 0.717) is 19.4 Å². The second-order valence-electron chi connectivity index (χ2n) is 8.55. The van der Waals surface area contributed by atoms with Crippen molar-refractivity contribution in [2.75, 3.05) is 19.6 Å². The average molecular weight is 460 g/mol. The maximum Gasteiger partial charge on any atom is 0.243 e. The lowest BCUT2D eigenvalue weighted by Gasteiger charge is -2.27. The number of nitrogens with one attached hydrogen (secondary N) is 1. The molecule has 0 saturated carbocycles. The highest BCUT2D eigenvalue weighted by atomic mass is 32.2. The summed E-state index contributed by atoms with van der Waals surface area (Å²) < 4.78 is 40.5. The van der Waals surface area contributed by atoms with Gasteiger partial charge in [0.05, 0.1) is 4.90 Å². The van der Waals surface area contributed by atoms with Crippen molar-refractivity contribution in [3.05, 3.63) is 65.5 Å². The molecule has 0 aliphatic carbocycles. The van der Waals surface area contributed by atoms with Gasteiger partial charge in [0.2, 0.25) is 15.9 Å². The molecule has 1 atom stereocenters. The van der Waals surface area contributed by atoms with Gasteiger partial charge in [-0.2, -0.15) is 4.31 Å². The van der Waals surface area contributed by atoms with E-state index in [9.17, 15) is 17.6 Å². The lowest BCUT2D eigenvalue weighted by molar-refractivity contribution is -0.124. The van der Waals surface area contributed by atoms with E-state index in [0.717, 1.165) is 37.3 Å². The molecule has 0 bridgehead atoms. The van der Waals surface area contributed by atoms with E-state index < -0.39 is 21.9 Å². The van der Waals surface area contributed by atoms with Crippen LogP contribution in [-0.4, -0.2) is 49.2 Å². The van der Waals surface area contributed by atoms with E-state index in [1.54, 1.807) is 0 Å². The highest BCUT2D eigenvalue weighted by Crippen LogP contribution is 2.26. The van der Waals surface area contributed by atoms with E-state index in [2.05, 4.69) is 16.3 Å². The Balaban J connectivity index is 1.42. The largest absolute Gasteiger partial charge is 0.351 e. The summed E-state index contributed by atoms with van der Waals surface area (Å²) in [6.45, 7) is 3.70. The smallest absolute Gasteiger partial charge is 0.243 e. The molecule has 1 N–H and O–H groups in total. The summed E-state index contributed by atoms with van der Waals surface area (Å²) in [6, 6.07) is 12.1. The number of nitrogens with zero attached hydrogens (tertiary/aromatic N) is 2. The Bertz CT molecular complexity index is 1040. The van der Waals surface area contributed by atoms with Gasteiger partial charge in [0, 0.05) is 19.6 Å². The Morgan fingerprint density at radius 2 is 1.62 bits per heavy atom. The summed E-state index contributed by atoms with van der Waals surface area (Å²) in [6.07, 6.45) is 4.82. The standard InChI is InChI=1S/C24H30FN3O3S/c25-21-10-12-22(13-11-21)32(30,31)28-16-6-9-23(28)24(29)26-17-19-7-2-3-8-20(19)18-27-14-4-1-5-15-27/h2-3,7-8,10-13,23H,1,4-6,9,14-18H2,(H,26,29). The van der Waals surface area contributed by atoms with Crippen molar-refractivity contribution in [3.8, 4) is 0 Å². The Kier molecular flexibility index (Phi) is 7.23.